The first kappa shape index (κ1) is 18.1. The molecule has 0 N–H and O–H groups in total. The molecular weight excluding hydrogens is 332 g/mol. The molecule has 1 aromatic rings. The van der Waals surface area contributed by atoms with Crippen LogP contribution >= 0.6 is 23.4 Å². The molecule has 1 aliphatic rings. The summed E-state index contributed by atoms with van der Waals surface area (Å²) in [4.78, 5) is 19.1. The Morgan fingerprint density at radius 2 is 2.04 bits per heavy atom. The maximum atomic E-state index is 12.2. The van der Waals surface area contributed by atoms with Crippen molar-refractivity contribution in [2.24, 2.45) is 4.99 Å². The molecule has 23 heavy (non-hydrogen) atoms. The van der Waals surface area contributed by atoms with Gasteiger partial charge in [0.05, 0.1) is 18.3 Å². The van der Waals surface area contributed by atoms with Crippen molar-refractivity contribution >= 4 is 40.2 Å². The molecular formula is C17H23ClN2O2S. The number of amidine groups is 1. The number of carbonyl (C=O) groups is 1. The zero-order valence-electron chi connectivity index (χ0n) is 13.8. The molecule has 1 saturated heterocycles. The number of unbranched alkanes of at least 4 members (excludes halogenated alkanes) is 1. The Morgan fingerprint density at radius 1 is 1.35 bits per heavy atom. The number of ether oxygens (including phenoxy) is 1. The summed E-state index contributed by atoms with van der Waals surface area (Å²) in [5.41, 5.74) is 0.843. The number of nitrogens with zero attached hydrogens (tertiary/aromatic N) is 2. The van der Waals surface area contributed by atoms with Gasteiger partial charge in [0.15, 0.2) is 5.17 Å². The van der Waals surface area contributed by atoms with Crippen LogP contribution in [0.3, 0.4) is 0 Å². The third kappa shape index (κ3) is 4.64. The predicted octanol–water partition coefficient (Wildman–Crippen LogP) is 4.50. The van der Waals surface area contributed by atoms with Crippen molar-refractivity contribution in [3.8, 4) is 0 Å². The minimum Gasteiger partial charge on any atom is -0.465 e. The van der Waals surface area contributed by atoms with Crippen molar-refractivity contribution in [2.45, 2.75) is 44.9 Å². The fourth-order valence-corrected chi connectivity index (χ4v) is 3.84. The van der Waals surface area contributed by atoms with Gasteiger partial charge in [-0.1, -0.05) is 36.7 Å². The highest BCUT2D eigenvalue weighted by atomic mass is 35.5. The van der Waals surface area contributed by atoms with Crippen LogP contribution in [0.5, 0.6) is 0 Å². The van der Waals surface area contributed by atoms with Crippen LogP contribution < -0.4 is 0 Å². The lowest BCUT2D eigenvalue weighted by Gasteiger charge is -2.24. The Hall–Kier alpha value is -1.20. The minimum absolute atomic E-state index is 0.0802. The summed E-state index contributed by atoms with van der Waals surface area (Å²) in [6.45, 7) is 7.36. The lowest BCUT2D eigenvalue weighted by Crippen LogP contribution is -2.38. The quantitative estimate of drug-likeness (QED) is 0.705. The third-order valence-electron chi connectivity index (χ3n) is 3.73. The number of carbonyl (C=O) groups excluding carboxylic acids is 1. The molecule has 2 rings (SSSR count). The Morgan fingerprint density at radius 3 is 2.65 bits per heavy atom. The van der Waals surface area contributed by atoms with E-state index in [1.165, 1.54) is 11.8 Å². The van der Waals surface area contributed by atoms with Gasteiger partial charge in [-0.05, 0) is 44.5 Å². The Labute approximate surface area is 147 Å². The summed E-state index contributed by atoms with van der Waals surface area (Å²) in [5.74, 6) is -0.159. The van der Waals surface area contributed by atoms with Crippen molar-refractivity contribution in [3.05, 3.63) is 29.3 Å². The van der Waals surface area contributed by atoms with Gasteiger partial charge in [0.2, 0.25) is 0 Å². The predicted molar refractivity (Wildman–Crippen MR) is 97.6 cm³/mol. The second kappa shape index (κ2) is 8.60. The molecule has 0 aliphatic carbocycles. The monoisotopic (exact) mass is 354 g/mol. The van der Waals surface area contributed by atoms with Gasteiger partial charge < -0.3 is 9.64 Å². The van der Waals surface area contributed by atoms with E-state index in [9.17, 15) is 4.79 Å². The summed E-state index contributed by atoms with van der Waals surface area (Å²) in [7, 11) is 0. The molecule has 126 valence electrons. The average Bonchev–Trinajstić information content (AvgIpc) is 2.84. The van der Waals surface area contributed by atoms with E-state index in [0.717, 1.165) is 30.2 Å². The van der Waals surface area contributed by atoms with Crippen molar-refractivity contribution in [2.75, 3.05) is 13.2 Å². The minimum atomic E-state index is -0.224. The standard InChI is InChI=1S/C17H23ClN2O2S/c1-4-6-11-20-12(3)15(16(21)22-5-2)23-17(20)19-14-9-7-13(18)8-10-14/h7-10,12,15H,4-6,11H2,1-3H3/t12-,15-/m1/s1. The normalized spacial score (nSPS) is 22.6. The van der Waals surface area contributed by atoms with Gasteiger partial charge in [-0.2, -0.15) is 0 Å². The molecule has 1 aromatic carbocycles. The molecule has 0 bridgehead atoms. The molecule has 0 aromatic heterocycles. The van der Waals surface area contributed by atoms with Gasteiger partial charge in [0.25, 0.3) is 0 Å². The maximum absolute atomic E-state index is 12.2. The molecule has 0 radical (unpaired) electrons. The lowest BCUT2D eigenvalue weighted by molar-refractivity contribution is -0.143. The average molecular weight is 355 g/mol. The Kier molecular flexibility index (Phi) is 6.78. The van der Waals surface area contributed by atoms with Gasteiger partial charge in [-0.25, -0.2) is 4.99 Å². The van der Waals surface area contributed by atoms with E-state index < -0.39 is 0 Å². The van der Waals surface area contributed by atoms with E-state index in [2.05, 4.69) is 18.7 Å². The zero-order chi connectivity index (χ0) is 16.8. The fraction of sp³-hybridized carbons (Fsp3) is 0.529. The van der Waals surface area contributed by atoms with Gasteiger partial charge in [-0.3, -0.25) is 4.79 Å². The number of hydrogen-bond acceptors (Lipinski definition) is 4. The van der Waals surface area contributed by atoms with Crippen LogP contribution in [-0.4, -0.2) is 40.5 Å². The Bertz CT molecular complexity index is 562. The summed E-state index contributed by atoms with van der Waals surface area (Å²) in [5, 5.41) is 1.35. The first-order valence-electron chi connectivity index (χ1n) is 8.01. The summed E-state index contributed by atoms with van der Waals surface area (Å²) >= 11 is 7.42. The first-order valence-corrected chi connectivity index (χ1v) is 9.26. The largest absolute Gasteiger partial charge is 0.465 e. The van der Waals surface area contributed by atoms with Crippen molar-refractivity contribution < 1.29 is 9.53 Å². The second-order valence-corrected chi connectivity index (χ2v) is 6.99. The number of benzene rings is 1. The fourth-order valence-electron chi connectivity index (χ4n) is 2.43. The topological polar surface area (TPSA) is 41.9 Å². The number of esters is 1. The second-order valence-electron chi connectivity index (χ2n) is 5.45. The van der Waals surface area contributed by atoms with Crippen molar-refractivity contribution in [3.63, 3.8) is 0 Å². The van der Waals surface area contributed by atoms with Crippen molar-refractivity contribution in [1.82, 2.24) is 4.90 Å². The molecule has 1 heterocycles. The summed E-state index contributed by atoms with van der Waals surface area (Å²) in [6, 6.07) is 7.50. The molecule has 0 unspecified atom stereocenters. The van der Waals surface area contributed by atoms with Crippen LogP contribution in [0.2, 0.25) is 5.02 Å². The highest BCUT2D eigenvalue weighted by Crippen LogP contribution is 2.34. The highest BCUT2D eigenvalue weighted by Gasteiger charge is 2.41. The van der Waals surface area contributed by atoms with E-state index >= 15 is 0 Å². The van der Waals surface area contributed by atoms with Crippen LogP contribution in [0.25, 0.3) is 0 Å². The van der Waals surface area contributed by atoms with Gasteiger partial charge in [-0.15, -0.1) is 0 Å². The third-order valence-corrected chi connectivity index (χ3v) is 5.36. The number of rotatable bonds is 6. The van der Waals surface area contributed by atoms with E-state index in [-0.39, 0.29) is 17.3 Å². The molecule has 0 spiro atoms. The van der Waals surface area contributed by atoms with E-state index in [1.54, 1.807) is 0 Å². The molecule has 0 saturated carbocycles. The Balaban J connectivity index is 2.23. The number of hydrogen-bond donors (Lipinski definition) is 0. The summed E-state index contributed by atoms with van der Waals surface area (Å²) < 4.78 is 5.20. The molecule has 2 atom stereocenters. The number of thioether (sulfide) groups is 1. The van der Waals surface area contributed by atoms with E-state index in [4.69, 9.17) is 21.3 Å². The molecule has 4 nitrogen and oxygen atoms in total. The van der Waals surface area contributed by atoms with Gasteiger partial charge in [0, 0.05) is 11.6 Å². The van der Waals surface area contributed by atoms with Crippen LogP contribution in [-0.2, 0) is 9.53 Å². The van der Waals surface area contributed by atoms with Crippen LogP contribution in [0, 0.1) is 0 Å². The number of aliphatic imine (C=N–C) groups is 1. The molecule has 1 fully saturated rings. The van der Waals surface area contributed by atoms with Crippen molar-refractivity contribution in [1.29, 1.82) is 0 Å². The lowest BCUT2D eigenvalue weighted by atomic mass is 10.2. The molecule has 6 heteroatoms. The highest BCUT2D eigenvalue weighted by molar-refractivity contribution is 8.15. The summed E-state index contributed by atoms with van der Waals surface area (Å²) in [6.07, 6.45) is 2.17. The van der Waals surface area contributed by atoms with Gasteiger partial charge in [0.1, 0.15) is 5.25 Å². The van der Waals surface area contributed by atoms with Crippen LogP contribution in [0.15, 0.2) is 29.3 Å². The first-order chi connectivity index (χ1) is 11.1. The smallest absolute Gasteiger partial charge is 0.321 e. The van der Waals surface area contributed by atoms with Gasteiger partial charge >= 0.3 is 5.97 Å². The number of halogens is 1. The van der Waals surface area contributed by atoms with E-state index in [0.29, 0.717) is 11.6 Å². The molecule has 1 aliphatic heterocycles. The van der Waals surface area contributed by atoms with E-state index in [1.807, 2.05) is 31.2 Å². The zero-order valence-corrected chi connectivity index (χ0v) is 15.4. The van der Waals surface area contributed by atoms with Crippen LogP contribution in [0.4, 0.5) is 5.69 Å². The maximum Gasteiger partial charge on any atom is 0.321 e. The van der Waals surface area contributed by atoms with Crippen LogP contribution in [0.1, 0.15) is 33.6 Å². The SMILES string of the molecule is CCCCN1C(=Nc2ccc(Cl)cc2)S[C@@H](C(=O)OCC)[C@H]1C. The molecule has 0 amide bonds.